The van der Waals surface area contributed by atoms with Gasteiger partial charge in [-0.1, -0.05) is 23.2 Å². The zero-order valence-electron chi connectivity index (χ0n) is 3.96. The van der Waals surface area contributed by atoms with E-state index >= 15 is 0 Å². The van der Waals surface area contributed by atoms with Crippen LogP contribution in [0.25, 0.3) is 0 Å². The van der Waals surface area contributed by atoms with Gasteiger partial charge in [0.15, 0.2) is 0 Å². The van der Waals surface area contributed by atoms with Crippen LogP contribution in [0.5, 0.6) is 0 Å². The van der Waals surface area contributed by atoms with Crippen molar-refractivity contribution in [3.8, 4) is 0 Å². The molecule has 0 fully saturated rings. The van der Waals surface area contributed by atoms with Gasteiger partial charge in [0.05, 0.1) is 0 Å². The van der Waals surface area contributed by atoms with Crippen molar-refractivity contribution in [2.24, 2.45) is 0 Å². The third kappa shape index (κ3) is 8.85. The van der Waals surface area contributed by atoms with E-state index in [4.69, 9.17) is 23.2 Å². The fourth-order valence-electron chi connectivity index (χ4n) is 0.0292. The highest BCUT2D eigenvalue weighted by atomic mass is 35.5. The lowest BCUT2D eigenvalue weighted by Gasteiger charge is -1.82. The molecule has 0 saturated carbocycles. The van der Waals surface area contributed by atoms with Crippen LogP contribution in [0.4, 0.5) is 0 Å². The number of halogens is 3. The van der Waals surface area contributed by atoms with E-state index in [2.05, 4.69) is 4.74 Å². The van der Waals surface area contributed by atoms with Crippen LogP contribution in [0.1, 0.15) is 1.43 Å². The molecule has 0 saturated heterocycles. The first-order valence-corrected chi connectivity index (χ1v) is 2.18. The molecule has 0 aliphatic rings. The van der Waals surface area contributed by atoms with E-state index < -0.39 is 0 Å². The molecule has 0 aliphatic carbocycles. The number of hydrogen-bond acceptors (Lipinski definition) is 1. The average Bonchev–Trinajstić information content (AvgIpc) is 1.41. The highest BCUT2D eigenvalue weighted by Crippen LogP contribution is 1.79. The molecule has 0 amide bonds. The largest absolute Gasteiger partial charge is 1.00 e. The van der Waals surface area contributed by atoms with Gasteiger partial charge in [-0.25, -0.2) is 0 Å². The molecular weight excluding hydrogens is 146 g/mol. The lowest BCUT2D eigenvalue weighted by atomic mass is 11.5. The molecule has 4 heteroatoms. The van der Waals surface area contributed by atoms with Crippen LogP contribution in [0.3, 0.4) is 0 Å². The van der Waals surface area contributed by atoms with Crippen molar-refractivity contribution >= 4 is 23.2 Å². The summed E-state index contributed by atoms with van der Waals surface area (Å²) in [5.41, 5.74) is 0. The van der Waals surface area contributed by atoms with E-state index in [9.17, 15) is 0 Å². The van der Waals surface area contributed by atoms with E-state index in [-0.39, 0.29) is 26.0 Å². The Hall–Kier alpha value is 0.830. The third-order valence-electron chi connectivity index (χ3n) is 0.154. The third-order valence-corrected chi connectivity index (χ3v) is 0.463. The predicted molar refractivity (Wildman–Crippen MR) is 23.6 cm³/mol. The van der Waals surface area contributed by atoms with Gasteiger partial charge in [0.2, 0.25) is 0 Å². The Kier molecular flexibility index (Phi) is 15.4. The Morgan fingerprint density at radius 2 is 1.67 bits per heavy atom. The van der Waals surface area contributed by atoms with E-state index in [1.54, 1.807) is 0 Å². The van der Waals surface area contributed by atoms with Crippen LogP contribution >= 0.6 is 23.2 Å². The van der Waals surface area contributed by atoms with E-state index in [1.165, 1.54) is 0 Å². The van der Waals surface area contributed by atoms with Gasteiger partial charge in [-0.3, -0.25) is 0 Å². The molecule has 0 rings (SSSR count). The first-order chi connectivity index (χ1) is 2.41. The normalized spacial score (nSPS) is 7.00. The van der Waals surface area contributed by atoms with Crippen LogP contribution in [-0.4, -0.2) is 12.1 Å². The topological polar surface area (TPSA) is 9.23 Å². The van der Waals surface area contributed by atoms with Crippen LogP contribution in [0, 0.1) is 0 Å². The summed E-state index contributed by atoms with van der Waals surface area (Å²) in [4.78, 5) is 0. The molecule has 0 aromatic rings. The molecule has 0 unspecified atom stereocenters. The fraction of sp³-hybridized carbons (Fsp3) is 1.00. The van der Waals surface area contributed by atoms with Gasteiger partial charge < -0.3 is 17.1 Å². The number of alkyl halides is 2. The van der Waals surface area contributed by atoms with Crippen molar-refractivity contribution < 1.29 is 18.6 Å². The summed E-state index contributed by atoms with van der Waals surface area (Å²) in [5, 5.41) is 0. The lowest BCUT2D eigenvalue weighted by molar-refractivity contribution is -0.00000129. The van der Waals surface area contributed by atoms with Crippen molar-refractivity contribution in [1.29, 1.82) is 0 Å². The summed E-state index contributed by atoms with van der Waals surface area (Å²) in [5.74, 6) is 0. The summed E-state index contributed by atoms with van der Waals surface area (Å²) >= 11 is 9.99. The second-order valence-electron chi connectivity index (χ2n) is 0.422. The zero-order chi connectivity index (χ0) is 4.12. The Morgan fingerprint density at radius 1 is 1.33 bits per heavy atom. The molecule has 0 aromatic carbocycles. The zero-order valence-corrected chi connectivity index (χ0v) is 5.22. The van der Waals surface area contributed by atoms with Crippen molar-refractivity contribution in [2.75, 3.05) is 12.1 Å². The maximum Gasteiger partial charge on any atom is 1.00 e. The van der Waals surface area contributed by atoms with E-state index in [1.807, 2.05) is 0 Å². The summed E-state index contributed by atoms with van der Waals surface area (Å²) < 4.78 is 4.36. The SMILES string of the molecule is ClCOCCl.[Cl-].[H+]. The van der Waals surface area contributed by atoms with Gasteiger partial charge in [0.25, 0.3) is 0 Å². The second-order valence-corrected chi connectivity index (χ2v) is 0.859. The molecule has 0 bridgehead atoms. The molecule has 0 spiro atoms. The van der Waals surface area contributed by atoms with E-state index in [0.29, 0.717) is 0 Å². The predicted octanol–water partition coefficient (Wildman–Crippen LogP) is -1.49. The van der Waals surface area contributed by atoms with Crippen LogP contribution in [0.15, 0.2) is 0 Å². The van der Waals surface area contributed by atoms with Gasteiger partial charge >= 0.3 is 1.43 Å². The maximum atomic E-state index is 4.99. The Labute approximate surface area is 54.5 Å². The minimum Gasteiger partial charge on any atom is -1.00 e. The Bertz CT molecular complexity index is 20.4. The van der Waals surface area contributed by atoms with Crippen molar-refractivity contribution in [2.45, 2.75) is 0 Å². The van der Waals surface area contributed by atoms with Gasteiger partial charge in [-0.15, -0.1) is 0 Å². The molecule has 0 radical (unpaired) electrons. The molecular formula is C2H5Cl3O. The molecule has 6 heavy (non-hydrogen) atoms. The van der Waals surface area contributed by atoms with Crippen molar-refractivity contribution in [3.05, 3.63) is 0 Å². The summed E-state index contributed by atoms with van der Waals surface area (Å²) in [6, 6.07) is 0.368. The minimum absolute atomic E-state index is 0. The first-order valence-electron chi connectivity index (χ1n) is 1.11. The van der Waals surface area contributed by atoms with Gasteiger partial charge in [-0.2, -0.15) is 0 Å². The lowest BCUT2D eigenvalue weighted by Crippen LogP contribution is -3.00. The Morgan fingerprint density at radius 3 is 1.67 bits per heavy atom. The summed E-state index contributed by atoms with van der Waals surface area (Å²) in [6.45, 7) is 0. The molecule has 40 valence electrons. The smallest absolute Gasteiger partial charge is 1.00 e. The molecule has 0 aliphatic heterocycles. The second kappa shape index (κ2) is 9.27. The standard InChI is InChI=1S/C2H4Cl2O.ClH/c3-1-5-2-4;/h1-2H2;1H. The van der Waals surface area contributed by atoms with Crippen molar-refractivity contribution in [3.63, 3.8) is 0 Å². The average molecular weight is 151 g/mol. The Balaban J connectivity index is -0.0000000800. The fourth-order valence-corrected chi connectivity index (χ4v) is 0.262. The summed E-state index contributed by atoms with van der Waals surface area (Å²) in [7, 11) is 0. The minimum atomic E-state index is 0. The van der Waals surface area contributed by atoms with Gasteiger partial charge in [0.1, 0.15) is 12.1 Å². The number of hydrogen-bond donors (Lipinski definition) is 0. The van der Waals surface area contributed by atoms with E-state index in [0.717, 1.165) is 0 Å². The molecule has 0 atom stereocenters. The van der Waals surface area contributed by atoms with Crippen molar-refractivity contribution in [1.82, 2.24) is 0 Å². The monoisotopic (exact) mass is 150 g/mol. The van der Waals surface area contributed by atoms with Gasteiger partial charge in [0, 0.05) is 0 Å². The highest BCUT2D eigenvalue weighted by molar-refractivity contribution is 6.18. The maximum absolute atomic E-state index is 4.99. The molecule has 0 aromatic heterocycles. The first kappa shape index (κ1) is 9.95. The van der Waals surface area contributed by atoms with Crippen LogP contribution in [0.2, 0.25) is 0 Å². The summed E-state index contributed by atoms with van der Waals surface area (Å²) in [6.07, 6.45) is 0. The molecule has 1 nitrogen and oxygen atoms in total. The van der Waals surface area contributed by atoms with Gasteiger partial charge in [-0.05, 0) is 0 Å². The molecule has 0 heterocycles. The number of ether oxygens (including phenoxy) is 1. The number of rotatable bonds is 2. The van der Waals surface area contributed by atoms with Crippen LogP contribution < -0.4 is 12.4 Å². The molecule has 0 N–H and O–H groups in total. The van der Waals surface area contributed by atoms with Crippen LogP contribution in [-0.2, 0) is 4.74 Å². The quantitative estimate of drug-likeness (QED) is 0.437. The highest BCUT2D eigenvalue weighted by Gasteiger charge is 1.68.